The maximum Gasteiger partial charge on any atom is 0.0457 e. The van der Waals surface area contributed by atoms with Crippen LogP contribution in [0.3, 0.4) is 0 Å². The van der Waals surface area contributed by atoms with Crippen molar-refractivity contribution >= 4 is 10.9 Å². The minimum Gasteiger partial charge on any atom is -0.361 e. The second-order valence-electron chi connectivity index (χ2n) is 4.52. The number of azide groups is 1. The summed E-state index contributed by atoms with van der Waals surface area (Å²) in [4.78, 5) is 6.06. The fraction of sp³-hybridized carbons (Fsp3) is 0.333. The number of aromatic nitrogens is 1. The zero-order valence-corrected chi connectivity index (χ0v) is 9.44. The van der Waals surface area contributed by atoms with E-state index in [-0.39, 0.29) is 5.41 Å². The SMILES string of the molecule is CC(C)(CN=[N+]=[N-])c1c[nH]c2ccccc12. The van der Waals surface area contributed by atoms with Crippen molar-refractivity contribution in [1.82, 2.24) is 4.98 Å². The molecule has 0 aliphatic rings. The molecule has 0 aliphatic carbocycles. The van der Waals surface area contributed by atoms with Crippen LogP contribution >= 0.6 is 0 Å². The van der Waals surface area contributed by atoms with Gasteiger partial charge in [0.2, 0.25) is 0 Å². The van der Waals surface area contributed by atoms with Crippen molar-refractivity contribution in [3.63, 3.8) is 0 Å². The average Bonchev–Trinajstić information content (AvgIpc) is 2.71. The first kappa shape index (κ1) is 10.6. The summed E-state index contributed by atoms with van der Waals surface area (Å²) in [5, 5.41) is 4.87. The van der Waals surface area contributed by atoms with E-state index in [0.29, 0.717) is 6.54 Å². The number of hydrogen-bond donors (Lipinski definition) is 1. The van der Waals surface area contributed by atoms with Crippen LogP contribution in [-0.2, 0) is 5.41 Å². The highest BCUT2D eigenvalue weighted by atomic mass is 15.1. The van der Waals surface area contributed by atoms with Gasteiger partial charge in [-0.1, -0.05) is 37.2 Å². The van der Waals surface area contributed by atoms with Gasteiger partial charge in [0.15, 0.2) is 0 Å². The number of hydrogen-bond acceptors (Lipinski definition) is 1. The molecule has 1 aromatic heterocycles. The zero-order chi connectivity index (χ0) is 11.6. The normalized spacial score (nSPS) is 11.4. The third-order valence-corrected chi connectivity index (χ3v) is 2.85. The summed E-state index contributed by atoms with van der Waals surface area (Å²) in [6.07, 6.45) is 2.00. The molecule has 0 fully saturated rings. The van der Waals surface area contributed by atoms with E-state index in [0.717, 1.165) is 5.52 Å². The summed E-state index contributed by atoms with van der Waals surface area (Å²) in [5.74, 6) is 0. The van der Waals surface area contributed by atoms with Crippen LogP contribution < -0.4 is 0 Å². The van der Waals surface area contributed by atoms with Gasteiger partial charge in [-0.05, 0) is 22.6 Å². The number of fused-ring (bicyclic) bond motifs is 1. The van der Waals surface area contributed by atoms with E-state index in [1.165, 1.54) is 10.9 Å². The van der Waals surface area contributed by atoms with Gasteiger partial charge >= 0.3 is 0 Å². The van der Waals surface area contributed by atoms with Crippen LogP contribution in [0.1, 0.15) is 19.4 Å². The van der Waals surface area contributed by atoms with E-state index in [1.54, 1.807) is 0 Å². The third kappa shape index (κ3) is 1.75. The lowest BCUT2D eigenvalue weighted by molar-refractivity contribution is 0.542. The summed E-state index contributed by atoms with van der Waals surface area (Å²) in [6, 6.07) is 8.15. The Morgan fingerprint density at radius 1 is 1.38 bits per heavy atom. The van der Waals surface area contributed by atoms with Crippen LogP contribution in [0.4, 0.5) is 0 Å². The van der Waals surface area contributed by atoms with Gasteiger partial charge in [0.25, 0.3) is 0 Å². The molecule has 1 aromatic carbocycles. The fourth-order valence-corrected chi connectivity index (χ4v) is 1.93. The Kier molecular flexibility index (Phi) is 2.59. The van der Waals surface area contributed by atoms with Crippen LogP contribution in [0, 0.1) is 0 Å². The van der Waals surface area contributed by atoms with E-state index < -0.39 is 0 Å². The van der Waals surface area contributed by atoms with Gasteiger partial charge in [0.1, 0.15) is 0 Å². The molecular weight excluding hydrogens is 200 g/mol. The van der Waals surface area contributed by atoms with Gasteiger partial charge in [-0.25, -0.2) is 0 Å². The number of nitrogens with zero attached hydrogens (tertiary/aromatic N) is 3. The summed E-state index contributed by atoms with van der Waals surface area (Å²) in [6.45, 7) is 4.62. The topological polar surface area (TPSA) is 64.6 Å². The Morgan fingerprint density at radius 3 is 2.88 bits per heavy atom. The smallest absolute Gasteiger partial charge is 0.0457 e. The molecule has 2 rings (SSSR count). The molecule has 16 heavy (non-hydrogen) atoms. The maximum absolute atomic E-state index is 8.39. The molecule has 1 N–H and O–H groups in total. The maximum atomic E-state index is 8.39. The van der Waals surface area contributed by atoms with Crippen LogP contribution in [-0.4, -0.2) is 11.5 Å². The standard InChI is InChI=1S/C12H14N4/c1-12(2,8-15-16-13)10-7-14-11-6-4-3-5-9(10)11/h3-7,14H,8H2,1-2H3. The molecule has 0 atom stereocenters. The predicted octanol–water partition coefficient (Wildman–Crippen LogP) is 3.76. The Morgan fingerprint density at radius 2 is 2.12 bits per heavy atom. The molecule has 0 saturated heterocycles. The predicted molar refractivity (Wildman–Crippen MR) is 65.3 cm³/mol. The van der Waals surface area contributed by atoms with Crippen LogP contribution in [0.2, 0.25) is 0 Å². The molecule has 0 saturated carbocycles. The van der Waals surface area contributed by atoms with E-state index in [9.17, 15) is 0 Å². The molecule has 0 amide bonds. The van der Waals surface area contributed by atoms with E-state index in [2.05, 4.69) is 34.9 Å². The first-order valence-corrected chi connectivity index (χ1v) is 5.22. The molecule has 1 heterocycles. The first-order valence-electron chi connectivity index (χ1n) is 5.22. The van der Waals surface area contributed by atoms with Crippen molar-refractivity contribution in [3.05, 3.63) is 46.5 Å². The van der Waals surface area contributed by atoms with Crippen molar-refractivity contribution in [3.8, 4) is 0 Å². The summed E-state index contributed by atoms with van der Waals surface area (Å²) >= 11 is 0. The molecule has 0 spiro atoms. The van der Waals surface area contributed by atoms with Gasteiger partial charge < -0.3 is 4.98 Å². The number of aromatic amines is 1. The third-order valence-electron chi connectivity index (χ3n) is 2.85. The first-order chi connectivity index (χ1) is 7.65. The Hall–Kier alpha value is -1.93. The van der Waals surface area contributed by atoms with Gasteiger partial charge in [0, 0.05) is 28.6 Å². The number of nitrogens with one attached hydrogen (secondary N) is 1. The van der Waals surface area contributed by atoms with Crippen molar-refractivity contribution in [1.29, 1.82) is 0 Å². The van der Waals surface area contributed by atoms with Crippen molar-refractivity contribution in [2.24, 2.45) is 5.11 Å². The highest BCUT2D eigenvalue weighted by molar-refractivity contribution is 5.84. The zero-order valence-electron chi connectivity index (χ0n) is 9.44. The van der Waals surface area contributed by atoms with Crippen molar-refractivity contribution in [2.45, 2.75) is 19.3 Å². The Bertz CT molecular complexity index is 547. The van der Waals surface area contributed by atoms with E-state index in [4.69, 9.17) is 5.53 Å². The Balaban J connectivity index is 2.50. The van der Waals surface area contributed by atoms with Gasteiger partial charge in [-0.2, -0.15) is 0 Å². The van der Waals surface area contributed by atoms with Gasteiger partial charge in [-0.15, -0.1) is 0 Å². The highest BCUT2D eigenvalue weighted by Crippen LogP contribution is 2.30. The number of benzene rings is 1. The molecule has 2 aromatic rings. The van der Waals surface area contributed by atoms with Crippen LogP contribution in [0.15, 0.2) is 35.6 Å². The molecule has 0 radical (unpaired) electrons. The molecule has 0 aliphatic heterocycles. The lowest BCUT2D eigenvalue weighted by Gasteiger charge is -2.21. The highest BCUT2D eigenvalue weighted by Gasteiger charge is 2.22. The fourth-order valence-electron chi connectivity index (χ4n) is 1.93. The largest absolute Gasteiger partial charge is 0.361 e. The number of para-hydroxylation sites is 1. The van der Waals surface area contributed by atoms with Crippen LogP contribution in [0.25, 0.3) is 21.3 Å². The number of rotatable bonds is 3. The summed E-state index contributed by atoms with van der Waals surface area (Å²) in [5.41, 5.74) is 10.6. The molecule has 82 valence electrons. The molecular formula is C12H14N4. The minimum atomic E-state index is -0.147. The second kappa shape index (κ2) is 3.91. The monoisotopic (exact) mass is 214 g/mol. The lowest BCUT2D eigenvalue weighted by Crippen LogP contribution is -2.20. The van der Waals surface area contributed by atoms with E-state index >= 15 is 0 Å². The quantitative estimate of drug-likeness (QED) is 0.459. The molecule has 0 bridgehead atoms. The molecule has 4 heteroatoms. The van der Waals surface area contributed by atoms with Gasteiger partial charge in [-0.3, -0.25) is 0 Å². The number of H-pyrrole nitrogens is 1. The summed E-state index contributed by atoms with van der Waals surface area (Å²) in [7, 11) is 0. The van der Waals surface area contributed by atoms with Gasteiger partial charge in [0.05, 0.1) is 0 Å². The second-order valence-corrected chi connectivity index (χ2v) is 4.52. The molecule has 0 unspecified atom stereocenters. The van der Waals surface area contributed by atoms with E-state index in [1.807, 2.05) is 24.4 Å². The minimum absolute atomic E-state index is 0.147. The Labute approximate surface area is 93.9 Å². The molecule has 4 nitrogen and oxygen atoms in total. The van der Waals surface area contributed by atoms with Crippen molar-refractivity contribution in [2.75, 3.05) is 6.54 Å². The van der Waals surface area contributed by atoms with Crippen LogP contribution in [0.5, 0.6) is 0 Å². The average molecular weight is 214 g/mol. The lowest BCUT2D eigenvalue weighted by atomic mass is 9.85. The van der Waals surface area contributed by atoms with Crippen molar-refractivity contribution < 1.29 is 0 Å². The summed E-state index contributed by atoms with van der Waals surface area (Å²) < 4.78 is 0.